The van der Waals surface area contributed by atoms with Gasteiger partial charge in [-0.3, -0.25) is 4.90 Å². The Morgan fingerprint density at radius 2 is 2.06 bits per heavy atom. The Labute approximate surface area is 93.3 Å². The summed E-state index contributed by atoms with van der Waals surface area (Å²) >= 11 is 0. The van der Waals surface area contributed by atoms with Gasteiger partial charge in [0.25, 0.3) is 0 Å². The van der Waals surface area contributed by atoms with Crippen molar-refractivity contribution in [1.82, 2.24) is 19.9 Å². The highest BCUT2D eigenvalue weighted by molar-refractivity contribution is 5.86. The van der Waals surface area contributed by atoms with Crippen LogP contribution in [0.4, 0.5) is 5.82 Å². The van der Waals surface area contributed by atoms with Crippen LogP contribution in [0.2, 0.25) is 0 Å². The number of rotatable bonds is 0. The second-order valence-corrected chi connectivity index (χ2v) is 4.29. The summed E-state index contributed by atoms with van der Waals surface area (Å²) in [6, 6.07) is 2.07. The molecule has 0 saturated heterocycles. The van der Waals surface area contributed by atoms with Crippen molar-refractivity contribution < 1.29 is 0 Å². The molecule has 0 aromatic carbocycles. The predicted molar refractivity (Wildman–Crippen MR) is 61.7 cm³/mol. The fraction of sp³-hybridized carbons (Fsp3) is 0.364. The van der Waals surface area contributed by atoms with Gasteiger partial charge in [0.05, 0.1) is 11.1 Å². The molecule has 2 N–H and O–H groups in total. The first-order valence-electron chi connectivity index (χ1n) is 5.24. The number of nitrogens with zero attached hydrogens (tertiary/aromatic N) is 4. The van der Waals surface area contributed by atoms with Crippen LogP contribution in [-0.4, -0.2) is 26.9 Å². The summed E-state index contributed by atoms with van der Waals surface area (Å²) in [4.78, 5) is 15.2. The van der Waals surface area contributed by atoms with Crippen molar-refractivity contribution in [3.63, 3.8) is 0 Å². The van der Waals surface area contributed by atoms with E-state index >= 15 is 0 Å². The van der Waals surface area contributed by atoms with Gasteiger partial charge in [-0.25, -0.2) is 15.0 Å². The molecule has 5 nitrogen and oxygen atoms in total. The third kappa shape index (κ3) is 1.32. The van der Waals surface area contributed by atoms with Crippen LogP contribution in [0.3, 0.4) is 0 Å². The van der Waals surface area contributed by atoms with E-state index in [0.29, 0.717) is 17.3 Å². The first-order chi connectivity index (χ1) is 7.63. The predicted octanol–water partition coefficient (Wildman–Crippen LogP) is 0.861. The topological polar surface area (TPSA) is 67.9 Å². The minimum atomic E-state index is 0.521. The Kier molecular flexibility index (Phi) is 1.85. The zero-order valence-electron chi connectivity index (χ0n) is 9.36. The van der Waals surface area contributed by atoms with E-state index in [2.05, 4.69) is 33.0 Å². The number of fused-ring (bicyclic) bond motifs is 2. The van der Waals surface area contributed by atoms with E-state index in [9.17, 15) is 0 Å². The van der Waals surface area contributed by atoms with E-state index in [4.69, 9.17) is 5.73 Å². The third-order valence-corrected chi connectivity index (χ3v) is 2.86. The molecule has 2 aromatic rings. The normalized spacial score (nSPS) is 15.6. The summed E-state index contributed by atoms with van der Waals surface area (Å²) < 4.78 is 0. The van der Waals surface area contributed by atoms with Gasteiger partial charge in [0, 0.05) is 13.1 Å². The zero-order valence-corrected chi connectivity index (χ0v) is 9.36. The standard InChI is InChI=1S/C11H13N5/c1-6-13-10(12)8-3-7-4-16(2)5-9(7)15-11(8)14-6/h3H,4-5H2,1-2H3,(H2,12,13,14,15). The van der Waals surface area contributed by atoms with E-state index in [1.165, 1.54) is 5.56 Å². The van der Waals surface area contributed by atoms with Gasteiger partial charge in [-0.2, -0.15) is 0 Å². The van der Waals surface area contributed by atoms with Crippen molar-refractivity contribution in [3.05, 3.63) is 23.1 Å². The van der Waals surface area contributed by atoms with Gasteiger partial charge in [-0.1, -0.05) is 0 Å². The van der Waals surface area contributed by atoms with Crippen LogP contribution in [0.15, 0.2) is 6.07 Å². The van der Waals surface area contributed by atoms with Crippen LogP contribution in [0.1, 0.15) is 17.1 Å². The number of anilines is 1. The highest BCUT2D eigenvalue weighted by Crippen LogP contribution is 2.25. The molecule has 0 aliphatic carbocycles. The number of hydrogen-bond donors (Lipinski definition) is 1. The Balaban J connectivity index is 2.30. The third-order valence-electron chi connectivity index (χ3n) is 2.86. The minimum absolute atomic E-state index is 0.521. The van der Waals surface area contributed by atoms with E-state index in [1.807, 2.05) is 6.92 Å². The number of nitrogens with two attached hydrogens (primary N) is 1. The maximum absolute atomic E-state index is 5.88. The van der Waals surface area contributed by atoms with Gasteiger partial charge in [-0.15, -0.1) is 0 Å². The molecule has 3 heterocycles. The second-order valence-electron chi connectivity index (χ2n) is 4.29. The molecule has 16 heavy (non-hydrogen) atoms. The molecule has 5 heteroatoms. The molecular weight excluding hydrogens is 202 g/mol. The summed E-state index contributed by atoms with van der Waals surface area (Å²) in [6.45, 7) is 3.64. The van der Waals surface area contributed by atoms with E-state index in [0.717, 1.165) is 24.2 Å². The van der Waals surface area contributed by atoms with Crippen LogP contribution in [0.25, 0.3) is 11.0 Å². The molecule has 0 saturated carbocycles. The largest absolute Gasteiger partial charge is 0.383 e. The molecule has 82 valence electrons. The van der Waals surface area contributed by atoms with Crippen molar-refractivity contribution in [2.45, 2.75) is 20.0 Å². The average Bonchev–Trinajstić information content (AvgIpc) is 2.54. The molecule has 1 aliphatic rings. The molecule has 0 bridgehead atoms. The molecule has 3 rings (SSSR count). The molecule has 0 unspecified atom stereocenters. The van der Waals surface area contributed by atoms with Crippen molar-refractivity contribution >= 4 is 16.9 Å². The number of nitrogen functional groups attached to an aromatic ring is 1. The van der Waals surface area contributed by atoms with Gasteiger partial charge < -0.3 is 5.73 Å². The van der Waals surface area contributed by atoms with Crippen LogP contribution in [0.5, 0.6) is 0 Å². The van der Waals surface area contributed by atoms with Gasteiger partial charge in [0.2, 0.25) is 0 Å². The number of aryl methyl sites for hydroxylation is 1. The summed E-state index contributed by atoms with van der Waals surface area (Å²) in [5.41, 5.74) is 8.92. The molecule has 0 fully saturated rings. The van der Waals surface area contributed by atoms with Gasteiger partial charge in [0.15, 0.2) is 5.65 Å². The Morgan fingerprint density at radius 1 is 1.25 bits per heavy atom. The molecule has 0 spiro atoms. The Bertz CT molecular complexity index is 578. The van der Waals surface area contributed by atoms with Crippen molar-refractivity contribution in [2.24, 2.45) is 0 Å². The van der Waals surface area contributed by atoms with Crippen LogP contribution >= 0.6 is 0 Å². The molecule has 0 atom stereocenters. The van der Waals surface area contributed by atoms with Crippen LogP contribution in [0, 0.1) is 6.92 Å². The van der Waals surface area contributed by atoms with Crippen molar-refractivity contribution in [2.75, 3.05) is 12.8 Å². The lowest BCUT2D eigenvalue weighted by molar-refractivity contribution is 0.351. The van der Waals surface area contributed by atoms with Crippen LogP contribution < -0.4 is 5.73 Å². The monoisotopic (exact) mass is 215 g/mol. The lowest BCUT2D eigenvalue weighted by Crippen LogP contribution is -2.07. The smallest absolute Gasteiger partial charge is 0.165 e. The maximum Gasteiger partial charge on any atom is 0.165 e. The highest BCUT2D eigenvalue weighted by atomic mass is 15.1. The number of hydrogen-bond acceptors (Lipinski definition) is 5. The highest BCUT2D eigenvalue weighted by Gasteiger charge is 2.19. The van der Waals surface area contributed by atoms with Gasteiger partial charge >= 0.3 is 0 Å². The van der Waals surface area contributed by atoms with Crippen molar-refractivity contribution in [3.8, 4) is 0 Å². The summed E-state index contributed by atoms with van der Waals surface area (Å²) in [6.07, 6.45) is 0. The van der Waals surface area contributed by atoms with E-state index < -0.39 is 0 Å². The molecule has 0 radical (unpaired) electrons. The average molecular weight is 215 g/mol. The summed E-state index contributed by atoms with van der Waals surface area (Å²) in [7, 11) is 2.08. The molecule has 1 aliphatic heterocycles. The minimum Gasteiger partial charge on any atom is -0.383 e. The van der Waals surface area contributed by atoms with Crippen LogP contribution in [-0.2, 0) is 13.1 Å². The van der Waals surface area contributed by atoms with E-state index in [-0.39, 0.29) is 0 Å². The fourth-order valence-corrected chi connectivity index (χ4v) is 2.14. The quantitative estimate of drug-likeness (QED) is 0.706. The first-order valence-corrected chi connectivity index (χ1v) is 5.24. The Hall–Kier alpha value is -1.75. The number of aromatic nitrogens is 3. The molecular formula is C11H13N5. The van der Waals surface area contributed by atoms with Gasteiger partial charge in [-0.05, 0) is 25.6 Å². The zero-order chi connectivity index (χ0) is 11.3. The maximum atomic E-state index is 5.88. The fourth-order valence-electron chi connectivity index (χ4n) is 2.14. The summed E-state index contributed by atoms with van der Waals surface area (Å²) in [5.74, 6) is 1.19. The summed E-state index contributed by atoms with van der Waals surface area (Å²) in [5, 5.41) is 0.861. The van der Waals surface area contributed by atoms with Gasteiger partial charge in [0.1, 0.15) is 11.6 Å². The molecule has 0 amide bonds. The molecule has 2 aromatic heterocycles. The SMILES string of the molecule is Cc1nc(N)c2cc3c(nc2n1)CN(C)C3. The second kappa shape index (κ2) is 3.12. The van der Waals surface area contributed by atoms with E-state index in [1.54, 1.807) is 0 Å². The van der Waals surface area contributed by atoms with Crippen molar-refractivity contribution in [1.29, 1.82) is 0 Å². The lowest BCUT2D eigenvalue weighted by atomic mass is 10.2. The number of pyridine rings is 1. The Morgan fingerprint density at radius 3 is 2.88 bits per heavy atom. The lowest BCUT2D eigenvalue weighted by Gasteiger charge is -2.04. The first kappa shape index (κ1) is 9.47.